The van der Waals surface area contributed by atoms with Crippen molar-refractivity contribution in [2.45, 2.75) is 44.0 Å². The Balaban J connectivity index is 1.81. The van der Waals surface area contributed by atoms with E-state index in [1.54, 1.807) is 28.6 Å². The predicted molar refractivity (Wildman–Crippen MR) is 98.5 cm³/mol. The van der Waals surface area contributed by atoms with Gasteiger partial charge in [0.15, 0.2) is 0 Å². The molecular formula is C17H25N5O3S. The molecule has 8 nitrogen and oxygen atoms in total. The summed E-state index contributed by atoms with van der Waals surface area (Å²) < 4.78 is 30.4. The van der Waals surface area contributed by atoms with Crippen LogP contribution in [0.1, 0.15) is 43.1 Å². The molecule has 2 aromatic heterocycles. The lowest BCUT2D eigenvalue weighted by atomic mass is 10.2. The Morgan fingerprint density at radius 3 is 2.69 bits per heavy atom. The van der Waals surface area contributed by atoms with Gasteiger partial charge in [0.25, 0.3) is 5.91 Å². The Morgan fingerprint density at radius 1 is 1.27 bits per heavy atom. The summed E-state index contributed by atoms with van der Waals surface area (Å²) in [5.74, 6) is 0.240. The third-order valence-corrected chi connectivity index (χ3v) is 6.42. The standard InChI is InChI=1S/C17H25N5O3S/c1-3-9-22-16(7-8-18-22)19-17(23)15-12-14(13-20(15)2)26(24,25)21-10-5-4-6-11-21/h7-8,12-13H,3-6,9-11H2,1-2H3,(H,19,23). The largest absolute Gasteiger partial charge is 0.345 e. The number of anilines is 1. The quantitative estimate of drug-likeness (QED) is 0.832. The number of aromatic nitrogens is 3. The summed E-state index contributed by atoms with van der Waals surface area (Å²) in [5, 5.41) is 6.98. The Hall–Kier alpha value is -2.13. The second-order valence-corrected chi connectivity index (χ2v) is 8.47. The van der Waals surface area contributed by atoms with E-state index in [4.69, 9.17) is 0 Å². The lowest BCUT2D eigenvalue weighted by Gasteiger charge is -2.25. The Morgan fingerprint density at radius 2 is 2.00 bits per heavy atom. The number of rotatable bonds is 6. The lowest BCUT2D eigenvalue weighted by molar-refractivity contribution is 0.101. The van der Waals surface area contributed by atoms with Gasteiger partial charge in [-0.1, -0.05) is 13.3 Å². The van der Waals surface area contributed by atoms with E-state index in [0.717, 1.165) is 25.7 Å². The zero-order valence-electron chi connectivity index (χ0n) is 15.2. The minimum atomic E-state index is -3.56. The maximum atomic E-state index is 12.8. The van der Waals surface area contributed by atoms with Gasteiger partial charge in [-0.25, -0.2) is 13.1 Å². The first-order chi connectivity index (χ1) is 12.4. The van der Waals surface area contributed by atoms with Gasteiger partial charge in [0.1, 0.15) is 16.4 Å². The predicted octanol–water partition coefficient (Wildman–Crippen LogP) is 2.06. The molecule has 0 bridgehead atoms. The van der Waals surface area contributed by atoms with Crippen molar-refractivity contribution in [3.8, 4) is 0 Å². The molecule has 0 saturated carbocycles. The molecule has 142 valence electrons. The van der Waals surface area contributed by atoms with Crippen LogP contribution in [-0.2, 0) is 23.6 Å². The van der Waals surface area contributed by atoms with E-state index in [2.05, 4.69) is 10.4 Å². The van der Waals surface area contributed by atoms with E-state index in [0.29, 0.717) is 31.1 Å². The number of amides is 1. The minimum absolute atomic E-state index is 0.161. The Bertz CT molecular complexity index is 878. The summed E-state index contributed by atoms with van der Waals surface area (Å²) in [7, 11) is -1.89. The third-order valence-electron chi connectivity index (χ3n) is 4.56. The molecule has 1 amide bonds. The van der Waals surface area contributed by atoms with Gasteiger partial charge in [-0.3, -0.25) is 4.79 Å². The summed E-state index contributed by atoms with van der Waals surface area (Å²) in [6.45, 7) is 3.80. The van der Waals surface area contributed by atoms with E-state index >= 15 is 0 Å². The molecule has 1 fully saturated rings. The number of carbonyl (C=O) groups excluding carboxylic acids is 1. The van der Waals surface area contributed by atoms with E-state index in [1.807, 2.05) is 6.92 Å². The van der Waals surface area contributed by atoms with Crippen LogP contribution in [0.15, 0.2) is 29.4 Å². The van der Waals surface area contributed by atoms with Gasteiger partial charge in [-0.15, -0.1) is 0 Å². The molecule has 0 spiro atoms. The number of sulfonamides is 1. The zero-order chi connectivity index (χ0) is 18.7. The highest BCUT2D eigenvalue weighted by atomic mass is 32.2. The van der Waals surface area contributed by atoms with Gasteiger partial charge in [0.05, 0.1) is 6.20 Å². The van der Waals surface area contributed by atoms with Crippen molar-refractivity contribution in [3.63, 3.8) is 0 Å². The molecule has 1 aliphatic rings. The van der Waals surface area contributed by atoms with Crippen molar-refractivity contribution in [1.82, 2.24) is 18.7 Å². The molecule has 2 aromatic rings. The highest BCUT2D eigenvalue weighted by Crippen LogP contribution is 2.22. The SMILES string of the molecule is CCCn1nccc1NC(=O)c1cc(S(=O)(=O)N2CCCCC2)cn1C. The van der Waals surface area contributed by atoms with E-state index < -0.39 is 10.0 Å². The average molecular weight is 379 g/mol. The van der Waals surface area contributed by atoms with Gasteiger partial charge in [-0.2, -0.15) is 9.40 Å². The number of carbonyl (C=O) groups is 1. The molecule has 1 N–H and O–H groups in total. The second-order valence-electron chi connectivity index (χ2n) is 6.53. The number of nitrogens with zero attached hydrogens (tertiary/aromatic N) is 4. The van der Waals surface area contributed by atoms with Crippen molar-refractivity contribution in [3.05, 3.63) is 30.2 Å². The van der Waals surface area contributed by atoms with Crippen molar-refractivity contribution in [1.29, 1.82) is 0 Å². The van der Waals surface area contributed by atoms with Gasteiger partial charge in [0.2, 0.25) is 10.0 Å². The van der Waals surface area contributed by atoms with E-state index in [9.17, 15) is 13.2 Å². The number of piperidine rings is 1. The highest BCUT2D eigenvalue weighted by molar-refractivity contribution is 7.89. The molecule has 1 aliphatic heterocycles. The smallest absolute Gasteiger partial charge is 0.273 e. The molecule has 0 radical (unpaired) electrons. The van der Waals surface area contributed by atoms with Crippen LogP contribution in [0.5, 0.6) is 0 Å². The van der Waals surface area contributed by atoms with Crippen LogP contribution in [-0.4, -0.2) is 46.1 Å². The minimum Gasteiger partial charge on any atom is -0.345 e. The molecule has 26 heavy (non-hydrogen) atoms. The van der Waals surface area contributed by atoms with Crippen molar-refractivity contribution in [2.75, 3.05) is 18.4 Å². The van der Waals surface area contributed by atoms with Crippen LogP contribution in [0, 0.1) is 0 Å². The summed E-state index contributed by atoms with van der Waals surface area (Å²) >= 11 is 0. The fourth-order valence-corrected chi connectivity index (χ4v) is 4.75. The molecule has 1 saturated heterocycles. The fraction of sp³-hybridized carbons (Fsp3) is 0.529. The van der Waals surface area contributed by atoms with Crippen LogP contribution < -0.4 is 5.32 Å². The fourth-order valence-electron chi connectivity index (χ4n) is 3.16. The topological polar surface area (TPSA) is 89.2 Å². The number of nitrogens with one attached hydrogen (secondary N) is 1. The number of hydrogen-bond acceptors (Lipinski definition) is 4. The summed E-state index contributed by atoms with van der Waals surface area (Å²) in [4.78, 5) is 12.8. The average Bonchev–Trinajstić information content (AvgIpc) is 3.23. The summed E-state index contributed by atoms with van der Waals surface area (Å²) in [6.07, 6.45) is 6.83. The molecule has 9 heteroatoms. The Labute approximate surface area is 153 Å². The van der Waals surface area contributed by atoms with Crippen LogP contribution in [0.3, 0.4) is 0 Å². The first-order valence-corrected chi connectivity index (χ1v) is 10.4. The van der Waals surface area contributed by atoms with Gasteiger partial charge in [0, 0.05) is 38.9 Å². The van der Waals surface area contributed by atoms with Gasteiger partial charge in [-0.05, 0) is 25.3 Å². The van der Waals surface area contributed by atoms with Crippen molar-refractivity contribution >= 4 is 21.7 Å². The summed E-state index contributed by atoms with van der Waals surface area (Å²) in [6, 6.07) is 3.17. The van der Waals surface area contributed by atoms with Crippen LogP contribution >= 0.6 is 0 Å². The molecule has 0 aliphatic carbocycles. The molecule has 0 aromatic carbocycles. The number of hydrogen-bond donors (Lipinski definition) is 1. The second kappa shape index (κ2) is 7.63. The highest BCUT2D eigenvalue weighted by Gasteiger charge is 2.28. The van der Waals surface area contributed by atoms with E-state index in [-0.39, 0.29) is 10.8 Å². The van der Waals surface area contributed by atoms with Gasteiger partial charge < -0.3 is 9.88 Å². The third kappa shape index (κ3) is 3.68. The van der Waals surface area contributed by atoms with Crippen LogP contribution in [0.2, 0.25) is 0 Å². The van der Waals surface area contributed by atoms with E-state index in [1.165, 1.54) is 16.6 Å². The van der Waals surface area contributed by atoms with Crippen LogP contribution in [0.25, 0.3) is 0 Å². The molecule has 3 heterocycles. The van der Waals surface area contributed by atoms with Gasteiger partial charge >= 0.3 is 0 Å². The maximum absolute atomic E-state index is 12.8. The van der Waals surface area contributed by atoms with Crippen molar-refractivity contribution in [2.24, 2.45) is 7.05 Å². The molecule has 0 atom stereocenters. The van der Waals surface area contributed by atoms with Crippen LogP contribution in [0.4, 0.5) is 5.82 Å². The lowest BCUT2D eigenvalue weighted by Crippen LogP contribution is -2.35. The first kappa shape index (κ1) is 18.7. The maximum Gasteiger partial charge on any atom is 0.273 e. The number of aryl methyl sites for hydroxylation is 2. The monoisotopic (exact) mass is 379 g/mol. The first-order valence-electron chi connectivity index (χ1n) is 8.93. The zero-order valence-corrected chi connectivity index (χ0v) is 16.0. The molecule has 0 unspecified atom stereocenters. The Kier molecular flexibility index (Phi) is 5.47. The molecule has 3 rings (SSSR count). The summed E-state index contributed by atoms with van der Waals surface area (Å²) in [5.41, 5.74) is 0.296. The molecular weight excluding hydrogens is 354 g/mol. The normalized spacial score (nSPS) is 15.9. The van der Waals surface area contributed by atoms with Crippen molar-refractivity contribution < 1.29 is 13.2 Å².